The Morgan fingerprint density at radius 2 is 1.70 bits per heavy atom. The molecule has 0 radical (unpaired) electrons. The number of thiazole rings is 1. The van der Waals surface area contributed by atoms with Gasteiger partial charge in [0.15, 0.2) is 0 Å². The molecule has 0 N–H and O–H groups in total. The number of thiophene rings is 1. The van der Waals surface area contributed by atoms with Crippen molar-refractivity contribution in [1.29, 1.82) is 0 Å². The normalized spacial score (nSPS) is 14.1. The second-order valence-electron chi connectivity index (χ2n) is 6.86. The summed E-state index contributed by atoms with van der Waals surface area (Å²) < 4.78 is 5.69. The molecule has 0 atom stereocenters. The average molecular weight is 462 g/mol. The van der Waals surface area contributed by atoms with Crippen molar-refractivity contribution < 1.29 is 14.3 Å². The zero-order valence-corrected chi connectivity index (χ0v) is 18.7. The molecule has 3 heterocycles. The molecular formula is C21H20ClN3O3S2. The monoisotopic (exact) mass is 461 g/mol. The largest absolute Gasteiger partial charge is 0.486 e. The van der Waals surface area contributed by atoms with Crippen LogP contribution in [0, 0.1) is 6.92 Å². The summed E-state index contributed by atoms with van der Waals surface area (Å²) in [5, 5.41) is 3.14. The molecule has 156 valence electrons. The predicted octanol–water partition coefficient (Wildman–Crippen LogP) is 4.34. The minimum atomic E-state index is -0.108. The summed E-state index contributed by atoms with van der Waals surface area (Å²) in [5.41, 5.74) is 0.420. The van der Waals surface area contributed by atoms with Crippen molar-refractivity contribution in [3.05, 3.63) is 67.3 Å². The maximum Gasteiger partial charge on any atom is 0.273 e. The van der Waals surface area contributed by atoms with E-state index >= 15 is 0 Å². The Balaban J connectivity index is 1.30. The van der Waals surface area contributed by atoms with Crippen LogP contribution in [0.2, 0.25) is 5.02 Å². The van der Waals surface area contributed by atoms with Crippen LogP contribution in [-0.2, 0) is 6.61 Å². The van der Waals surface area contributed by atoms with Gasteiger partial charge in [0.05, 0.1) is 4.88 Å². The van der Waals surface area contributed by atoms with Crippen molar-refractivity contribution in [3.63, 3.8) is 0 Å². The maximum absolute atomic E-state index is 12.8. The van der Waals surface area contributed by atoms with Crippen LogP contribution in [0.3, 0.4) is 0 Å². The Morgan fingerprint density at radius 3 is 2.33 bits per heavy atom. The fourth-order valence-electron chi connectivity index (χ4n) is 3.13. The number of amides is 2. The molecular weight excluding hydrogens is 442 g/mol. The first-order chi connectivity index (χ1) is 14.5. The molecule has 0 aliphatic carbocycles. The molecule has 2 aromatic heterocycles. The van der Waals surface area contributed by atoms with Gasteiger partial charge in [0.25, 0.3) is 11.8 Å². The van der Waals surface area contributed by atoms with E-state index in [-0.39, 0.29) is 11.8 Å². The number of rotatable bonds is 5. The van der Waals surface area contributed by atoms with Crippen LogP contribution in [0.25, 0.3) is 0 Å². The van der Waals surface area contributed by atoms with Crippen molar-refractivity contribution in [2.24, 2.45) is 0 Å². The van der Waals surface area contributed by atoms with E-state index in [1.807, 2.05) is 24.0 Å². The lowest BCUT2D eigenvalue weighted by Crippen LogP contribution is -2.50. The minimum absolute atomic E-state index is 0.0375. The molecule has 3 aromatic rings. The molecule has 0 spiro atoms. The lowest BCUT2D eigenvalue weighted by atomic mass is 10.2. The second-order valence-corrected chi connectivity index (χ2v) is 9.53. The van der Waals surface area contributed by atoms with Gasteiger partial charge in [0.1, 0.15) is 23.1 Å². The van der Waals surface area contributed by atoms with E-state index in [0.717, 1.165) is 14.8 Å². The molecule has 0 bridgehead atoms. The average Bonchev–Trinajstić information content (AvgIpc) is 3.42. The van der Waals surface area contributed by atoms with Crippen molar-refractivity contribution in [3.8, 4) is 5.75 Å². The summed E-state index contributed by atoms with van der Waals surface area (Å²) in [7, 11) is 0. The molecule has 1 fully saturated rings. The lowest BCUT2D eigenvalue weighted by Gasteiger charge is -2.34. The van der Waals surface area contributed by atoms with E-state index < -0.39 is 0 Å². The van der Waals surface area contributed by atoms with Gasteiger partial charge >= 0.3 is 0 Å². The van der Waals surface area contributed by atoms with Crippen LogP contribution < -0.4 is 4.74 Å². The van der Waals surface area contributed by atoms with Crippen molar-refractivity contribution >= 4 is 46.1 Å². The van der Waals surface area contributed by atoms with Gasteiger partial charge in [-0.1, -0.05) is 11.6 Å². The molecule has 0 unspecified atom stereocenters. The van der Waals surface area contributed by atoms with E-state index in [1.165, 1.54) is 22.7 Å². The molecule has 1 aromatic carbocycles. The number of aromatic nitrogens is 1. The van der Waals surface area contributed by atoms with E-state index in [0.29, 0.717) is 49.3 Å². The molecule has 1 aliphatic heterocycles. The van der Waals surface area contributed by atoms with E-state index in [2.05, 4.69) is 4.98 Å². The van der Waals surface area contributed by atoms with Gasteiger partial charge < -0.3 is 14.5 Å². The number of aryl methyl sites for hydroxylation is 1. The molecule has 1 saturated heterocycles. The Bertz CT molecular complexity index is 1040. The van der Waals surface area contributed by atoms with E-state index in [9.17, 15) is 9.59 Å². The molecule has 4 rings (SSSR count). The number of piperazine rings is 1. The summed E-state index contributed by atoms with van der Waals surface area (Å²) in [5.74, 6) is 0.628. The van der Waals surface area contributed by atoms with E-state index in [1.54, 1.807) is 34.5 Å². The van der Waals surface area contributed by atoms with Gasteiger partial charge in [0.2, 0.25) is 0 Å². The first-order valence-electron chi connectivity index (χ1n) is 9.47. The van der Waals surface area contributed by atoms with Gasteiger partial charge in [-0.05, 0) is 43.3 Å². The first kappa shape index (κ1) is 20.8. The molecule has 9 heteroatoms. The maximum atomic E-state index is 12.8. The number of halogens is 1. The number of benzene rings is 1. The fraction of sp³-hybridized carbons (Fsp3) is 0.286. The van der Waals surface area contributed by atoms with Crippen LogP contribution in [0.4, 0.5) is 0 Å². The van der Waals surface area contributed by atoms with Gasteiger partial charge in [-0.3, -0.25) is 9.59 Å². The third kappa shape index (κ3) is 4.83. The summed E-state index contributed by atoms with van der Waals surface area (Å²) in [6, 6.07) is 10.9. The number of hydrogen-bond donors (Lipinski definition) is 0. The highest BCUT2D eigenvalue weighted by molar-refractivity contribution is 7.13. The van der Waals surface area contributed by atoms with Crippen molar-refractivity contribution in [2.75, 3.05) is 26.2 Å². The molecule has 2 amide bonds. The van der Waals surface area contributed by atoms with Crippen molar-refractivity contribution in [1.82, 2.24) is 14.8 Å². The summed E-state index contributed by atoms with van der Waals surface area (Å²) in [6.07, 6.45) is 0. The quantitative estimate of drug-likeness (QED) is 0.567. The van der Waals surface area contributed by atoms with Crippen LogP contribution in [0.15, 0.2) is 41.8 Å². The molecule has 0 saturated carbocycles. The van der Waals surface area contributed by atoms with Crippen LogP contribution in [0.1, 0.15) is 30.0 Å². The molecule has 1 aliphatic rings. The molecule has 6 nitrogen and oxygen atoms in total. The third-order valence-electron chi connectivity index (χ3n) is 4.75. The fourth-order valence-corrected chi connectivity index (χ4v) is 4.77. The van der Waals surface area contributed by atoms with Gasteiger partial charge in [0, 0.05) is 41.5 Å². The summed E-state index contributed by atoms with van der Waals surface area (Å²) >= 11 is 8.77. The topological polar surface area (TPSA) is 62.7 Å². The number of nitrogens with zero attached hydrogens (tertiary/aromatic N) is 3. The Kier molecular flexibility index (Phi) is 6.36. The highest BCUT2D eigenvalue weighted by atomic mass is 35.5. The second kappa shape index (κ2) is 9.16. The Hall–Kier alpha value is -2.42. The SMILES string of the molecule is Cc1ccc(C(=O)N2CCN(C(=O)c3csc(COc4ccc(Cl)cc4)n3)CC2)s1. The van der Waals surface area contributed by atoms with Crippen LogP contribution in [-0.4, -0.2) is 52.8 Å². The van der Waals surface area contributed by atoms with Gasteiger partial charge in [-0.25, -0.2) is 4.98 Å². The summed E-state index contributed by atoms with van der Waals surface area (Å²) in [6.45, 7) is 4.34. The number of hydrogen-bond acceptors (Lipinski definition) is 6. The van der Waals surface area contributed by atoms with E-state index in [4.69, 9.17) is 16.3 Å². The van der Waals surface area contributed by atoms with Crippen molar-refractivity contribution in [2.45, 2.75) is 13.5 Å². The van der Waals surface area contributed by atoms with Crippen LogP contribution in [0.5, 0.6) is 5.75 Å². The highest BCUT2D eigenvalue weighted by Crippen LogP contribution is 2.20. The highest BCUT2D eigenvalue weighted by Gasteiger charge is 2.27. The number of carbonyl (C=O) groups is 2. The zero-order chi connectivity index (χ0) is 21.1. The van der Waals surface area contributed by atoms with Gasteiger partial charge in [-0.15, -0.1) is 22.7 Å². The minimum Gasteiger partial charge on any atom is -0.486 e. The summed E-state index contributed by atoms with van der Waals surface area (Å²) in [4.78, 5) is 35.2. The molecule has 30 heavy (non-hydrogen) atoms. The zero-order valence-electron chi connectivity index (χ0n) is 16.3. The Morgan fingerprint density at radius 1 is 1.03 bits per heavy atom. The smallest absolute Gasteiger partial charge is 0.273 e. The lowest BCUT2D eigenvalue weighted by molar-refractivity contribution is 0.0535. The van der Waals surface area contributed by atoms with Gasteiger partial charge in [-0.2, -0.15) is 0 Å². The first-order valence-corrected chi connectivity index (χ1v) is 11.5. The number of carbonyl (C=O) groups excluding carboxylic acids is 2. The Labute approximate surface area is 187 Å². The third-order valence-corrected chi connectivity index (χ3v) is 6.82. The van der Waals surface area contributed by atoms with Crippen LogP contribution >= 0.6 is 34.3 Å². The standard InChI is InChI=1S/C21H20ClN3O3S2/c1-14-2-7-18(30-14)21(27)25-10-8-24(9-11-25)20(26)17-13-29-19(23-17)12-28-16-5-3-15(22)4-6-16/h2-7,13H,8-12H2,1H3. The number of ether oxygens (including phenoxy) is 1. The predicted molar refractivity (Wildman–Crippen MR) is 119 cm³/mol.